The van der Waals surface area contributed by atoms with E-state index < -0.39 is 22.0 Å². The summed E-state index contributed by atoms with van der Waals surface area (Å²) in [6.45, 7) is 0.0882. The number of rotatable bonds is 5. The first-order valence-electron chi connectivity index (χ1n) is 9.56. The van der Waals surface area contributed by atoms with Crippen molar-refractivity contribution in [1.29, 1.82) is 0 Å². The standard InChI is InChI=1S/C20H19ClFN3O5S/c21-14-8-15-17(30-11-19(26)24-15)9-18(14)31(28,29)25-7-1-2-16(25)20(27)23-10-12-3-5-13(22)6-4-12/h3-6,8-9,16H,1-2,7,10-11H2,(H,23,27)(H,24,26). The van der Waals surface area contributed by atoms with Gasteiger partial charge in [-0.25, -0.2) is 12.8 Å². The van der Waals surface area contributed by atoms with E-state index in [4.69, 9.17) is 16.3 Å². The lowest BCUT2D eigenvalue weighted by atomic mass is 10.2. The smallest absolute Gasteiger partial charge is 0.262 e. The predicted molar refractivity (Wildman–Crippen MR) is 111 cm³/mol. The topological polar surface area (TPSA) is 105 Å². The molecule has 4 rings (SSSR count). The monoisotopic (exact) mass is 467 g/mol. The number of nitrogens with one attached hydrogen (secondary N) is 2. The number of halogens is 2. The van der Waals surface area contributed by atoms with Crippen LogP contribution in [0.15, 0.2) is 41.3 Å². The molecule has 11 heteroatoms. The van der Waals surface area contributed by atoms with E-state index in [0.29, 0.717) is 18.4 Å². The van der Waals surface area contributed by atoms with Gasteiger partial charge in [-0.3, -0.25) is 9.59 Å². The molecule has 8 nitrogen and oxygen atoms in total. The quantitative estimate of drug-likeness (QED) is 0.702. The molecule has 1 unspecified atom stereocenters. The third-order valence-electron chi connectivity index (χ3n) is 5.14. The highest BCUT2D eigenvalue weighted by Crippen LogP contribution is 2.38. The average Bonchev–Trinajstić information content (AvgIpc) is 3.23. The van der Waals surface area contributed by atoms with E-state index in [2.05, 4.69) is 10.6 Å². The fraction of sp³-hybridized carbons (Fsp3) is 0.300. The molecule has 0 spiro atoms. The molecule has 1 atom stereocenters. The van der Waals surface area contributed by atoms with E-state index in [9.17, 15) is 22.4 Å². The Morgan fingerprint density at radius 1 is 1.29 bits per heavy atom. The van der Waals surface area contributed by atoms with Crippen LogP contribution in [0.4, 0.5) is 10.1 Å². The molecule has 0 bridgehead atoms. The second kappa shape index (κ2) is 8.45. The SMILES string of the molecule is O=C1COc2cc(S(=O)(=O)N3CCCC3C(=O)NCc3ccc(F)cc3)c(Cl)cc2N1. The van der Waals surface area contributed by atoms with Crippen LogP contribution in [0.2, 0.25) is 5.02 Å². The number of amides is 2. The summed E-state index contributed by atoms with van der Waals surface area (Å²) in [7, 11) is -4.10. The lowest BCUT2D eigenvalue weighted by molar-refractivity contribution is -0.124. The second-order valence-corrected chi connectivity index (χ2v) is 9.50. The molecule has 1 saturated heterocycles. The highest BCUT2D eigenvalue weighted by molar-refractivity contribution is 7.89. The number of anilines is 1. The van der Waals surface area contributed by atoms with Crippen molar-refractivity contribution in [3.05, 3.63) is 52.8 Å². The summed E-state index contributed by atoms with van der Waals surface area (Å²) < 4.78 is 46.1. The molecule has 164 valence electrons. The summed E-state index contributed by atoms with van der Waals surface area (Å²) in [5, 5.41) is 5.20. The molecule has 2 N–H and O–H groups in total. The van der Waals surface area contributed by atoms with Crippen LogP contribution in [0, 0.1) is 5.82 Å². The van der Waals surface area contributed by atoms with Gasteiger partial charge in [-0.1, -0.05) is 23.7 Å². The van der Waals surface area contributed by atoms with E-state index in [1.54, 1.807) is 12.1 Å². The van der Waals surface area contributed by atoms with Gasteiger partial charge in [-0.15, -0.1) is 0 Å². The number of carbonyl (C=O) groups is 2. The maximum atomic E-state index is 13.3. The first kappa shape index (κ1) is 21.5. The summed E-state index contributed by atoms with van der Waals surface area (Å²) in [5.41, 5.74) is 0.981. The first-order chi connectivity index (χ1) is 14.8. The second-order valence-electron chi connectivity index (χ2n) is 7.23. The van der Waals surface area contributed by atoms with Crippen molar-refractivity contribution in [2.45, 2.75) is 30.3 Å². The molecule has 2 heterocycles. The molecule has 0 aromatic heterocycles. The maximum Gasteiger partial charge on any atom is 0.262 e. The van der Waals surface area contributed by atoms with Crippen molar-refractivity contribution >= 4 is 39.1 Å². The van der Waals surface area contributed by atoms with Crippen LogP contribution in [0.1, 0.15) is 18.4 Å². The Balaban J connectivity index is 1.54. The summed E-state index contributed by atoms with van der Waals surface area (Å²) in [5.74, 6) is -0.993. The number of carbonyl (C=O) groups excluding carboxylic acids is 2. The Labute approximate surface area is 183 Å². The molecule has 2 amide bonds. The lowest BCUT2D eigenvalue weighted by Gasteiger charge is -2.25. The van der Waals surface area contributed by atoms with Crippen molar-refractivity contribution < 1.29 is 27.1 Å². The van der Waals surface area contributed by atoms with Crippen molar-refractivity contribution in [3.8, 4) is 5.75 Å². The van der Waals surface area contributed by atoms with Gasteiger partial charge < -0.3 is 15.4 Å². The third-order valence-corrected chi connectivity index (χ3v) is 7.51. The number of hydrogen-bond donors (Lipinski definition) is 2. The van der Waals surface area contributed by atoms with Crippen molar-refractivity contribution in [3.63, 3.8) is 0 Å². The van der Waals surface area contributed by atoms with Gasteiger partial charge in [0.2, 0.25) is 15.9 Å². The third kappa shape index (κ3) is 4.36. The number of fused-ring (bicyclic) bond motifs is 1. The highest BCUT2D eigenvalue weighted by atomic mass is 35.5. The van der Waals surface area contributed by atoms with Crippen molar-refractivity contribution in [1.82, 2.24) is 9.62 Å². The van der Waals surface area contributed by atoms with Crippen LogP contribution in [0.3, 0.4) is 0 Å². The van der Waals surface area contributed by atoms with Crippen LogP contribution in [0.5, 0.6) is 5.75 Å². The zero-order chi connectivity index (χ0) is 22.2. The minimum Gasteiger partial charge on any atom is -0.482 e. The largest absolute Gasteiger partial charge is 0.482 e. The van der Waals surface area contributed by atoms with Crippen LogP contribution >= 0.6 is 11.6 Å². The molecule has 1 fully saturated rings. The van der Waals surface area contributed by atoms with E-state index >= 15 is 0 Å². The Kier molecular flexibility index (Phi) is 5.87. The molecular weight excluding hydrogens is 449 g/mol. The van der Waals surface area contributed by atoms with Crippen LogP contribution < -0.4 is 15.4 Å². The van der Waals surface area contributed by atoms with Gasteiger partial charge in [0.15, 0.2) is 6.61 Å². The van der Waals surface area contributed by atoms with E-state index in [-0.39, 0.29) is 52.8 Å². The number of ether oxygens (including phenoxy) is 1. The number of hydrogen-bond acceptors (Lipinski definition) is 5. The van der Waals surface area contributed by atoms with Gasteiger partial charge >= 0.3 is 0 Å². The number of nitrogens with zero attached hydrogens (tertiary/aromatic N) is 1. The summed E-state index contributed by atoms with van der Waals surface area (Å²) in [6, 6.07) is 7.36. The van der Waals surface area contributed by atoms with Crippen LogP contribution in [-0.4, -0.2) is 43.7 Å². The van der Waals surface area contributed by atoms with Crippen LogP contribution in [-0.2, 0) is 26.2 Å². The molecule has 2 aromatic rings. The molecular formula is C20H19ClFN3O5S. The summed E-state index contributed by atoms with van der Waals surface area (Å²) in [6.07, 6.45) is 0.882. The Morgan fingerprint density at radius 2 is 2.03 bits per heavy atom. The van der Waals surface area contributed by atoms with Crippen LogP contribution in [0.25, 0.3) is 0 Å². The molecule has 2 aromatic carbocycles. The van der Waals surface area contributed by atoms with Gasteiger partial charge in [-0.05, 0) is 36.6 Å². The fourth-order valence-corrected chi connectivity index (χ4v) is 5.78. The van der Waals surface area contributed by atoms with Gasteiger partial charge in [0.1, 0.15) is 22.5 Å². The van der Waals surface area contributed by atoms with E-state index in [1.165, 1.54) is 24.3 Å². The summed E-state index contributed by atoms with van der Waals surface area (Å²) in [4.78, 5) is 24.0. The Bertz CT molecular complexity index is 1140. The minimum absolute atomic E-state index is 0.0816. The minimum atomic E-state index is -4.10. The normalized spacial score (nSPS) is 18.8. The lowest BCUT2D eigenvalue weighted by Crippen LogP contribution is -2.45. The average molecular weight is 468 g/mol. The Morgan fingerprint density at radius 3 is 2.77 bits per heavy atom. The first-order valence-corrected chi connectivity index (χ1v) is 11.4. The Hall–Kier alpha value is -2.69. The molecule has 0 saturated carbocycles. The maximum absolute atomic E-state index is 13.3. The van der Waals surface area contributed by atoms with Gasteiger partial charge in [0.25, 0.3) is 5.91 Å². The molecule has 2 aliphatic heterocycles. The predicted octanol–water partition coefficient (Wildman–Crippen LogP) is 2.28. The van der Waals surface area contributed by atoms with E-state index in [0.717, 1.165) is 4.31 Å². The molecule has 31 heavy (non-hydrogen) atoms. The summed E-state index contributed by atoms with van der Waals surface area (Å²) >= 11 is 6.21. The fourth-order valence-electron chi connectivity index (χ4n) is 3.60. The molecule has 0 radical (unpaired) electrons. The van der Waals surface area contributed by atoms with E-state index in [1.807, 2.05) is 0 Å². The van der Waals surface area contributed by atoms with Gasteiger partial charge in [-0.2, -0.15) is 4.31 Å². The molecule has 0 aliphatic carbocycles. The van der Waals surface area contributed by atoms with Gasteiger partial charge in [0, 0.05) is 19.2 Å². The zero-order valence-corrected chi connectivity index (χ0v) is 17.8. The number of sulfonamides is 1. The van der Waals surface area contributed by atoms with Crippen molar-refractivity contribution in [2.24, 2.45) is 0 Å². The van der Waals surface area contributed by atoms with Crippen molar-refractivity contribution in [2.75, 3.05) is 18.5 Å². The molecule has 2 aliphatic rings. The van der Waals surface area contributed by atoms with Gasteiger partial charge in [0.05, 0.1) is 10.7 Å². The zero-order valence-electron chi connectivity index (χ0n) is 16.2. The highest BCUT2D eigenvalue weighted by Gasteiger charge is 2.40. The number of benzene rings is 2.